The van der Waals surface area contributed by atoms with Crippen LogP contribution in [-0.2, 0) is 11.3 Å². The number of benzene rings is 3. The largest absolute Gasteiger partial charge is 0.489 e. The number of carbonyl (C=O) groups excluding carboxylic acids is 1. The van der Waals surface area contributed by atoms with Crippen LogP contribution in [0.25, 0.3) is 17.1 Å². The van der Waals surface area contributed by atoms with E-state index < -0.39 is 6.10 Å². The Balaban J connectivity index is 0.833. The number of aromatic amines is 2. The van der Waals surface area contributed by atoms with Gasteiger partial charge in [-0.15, -0.1) is 0 Å². The van der Waals surface area contributed by atoms with Gasteiger partial charge in [0.25, 0.3) is 5.91 Å². The minimum absolute atomic E-state index is 0.0880. The Bertz CT molecular complexity index is 1840. The first-order valence-corrected chi connectivity index (χ1v) is 17.9. The van der Waals surface area contributed by atoms with Crippen molar-refractivity contribution in [3.8, 4) is 5.75 Å². The van der Waals surface area contributed by atoms with Gasteiger partial charge in [0.05, 0.1) is 16.5 Å². The van der Waals surface area contributed by atoms with Crippen molar-refractivity contribution in [2.24, 2.45) is 4.99 Å². The first kappa shape index (κ1) is 33.2. The van der Waals surface area contributed by atoms with Crippen LogP contribution in [-0.4, -0.2) is 88.6 Å². The Morgan fingerprint density at radius 2 is 1.71 bits per heavy atom. The quantitative estimate of drug-likeness (QED) is 0.150. The highest BCUT2D eigenvalue weighted by atomic mass is 32.2. The standard InChI is InChI=1S/C37H43N7O4S/c45-30(24-48-32-8-4-7-31-34(32)41-36(47)40-31)22-38-27-15-19-44(20-16-27)29-11-9-25(10-12-29)21-33-35(46)42-37(49-33)39-28-13-17-43(18-14-28)23-26-5-2-1-3-6-26/h1-12,21,27-28,30,38,45H,13-20,22-24H2,(H,39,42,46)(H2,40,41,47)/b33-21-/t30-/m0/s1. The summed E-state index contributed by atoms with van der Waals surface area (Å²) in [6.07, 6.45) is 5.19. The topological polar surface area (TPSA) is 138 Å². The molecule has 3 aromatic carbocycles. The fourth-order valence-corrected chi connectivity index (χ4v) is 7.57. The van der Waals surface area contributed by atoms with Gasteiger partial charge >= 0.3 is 5.69 Å². The highest BCUT2D eigenvalue weighted by Crippen LogP contribution is 2.29. The van der Waals surface area contributed by atoms with Crippen LogP contribution in [0.15, 0.2) is 87.5 Å². The number of aliphatic hydroxyl groups is 1. The third-order valence-corrected chi connectivity index (χ3v) is 10.3. The van der Waals surface area contributed by atoms with Crippen LogP contribution in [0.5, 0.6) is 5.75 Å². The molecule has 7 rings (SSSR count). The summed E-state index contributed by atoms with van der Waals surface area (Å²) in [7, 11) is 0. The Hall–Kier alpha value is -4.36. The van der Waals surface area contributed by atoms with Gasteiger partial charge < -0.3 is 35.3 Å². The zero-order valence-corrected chi connectivity index (χ0v) is 28.3. The number of para-hydroxylation sites is 1. The van der Waals surface area contributed by atoms with Crippen LogP contribution >= 0.6 is 11.8 Å². The molecule has 0 spiro atoms. The normalized spacial score (nSPS) is 20.3. The van der Waals surface area contributed by atoms with Gasteiger partial charge in [0, 0.05) is 51.0 Å². The second-order valence-corrected chi connectivity index (χ2v) is 14.0. The van der Waals surface area contributed by atoms with Crippen LogP contribution in [0.3, 0.4) is 0 Å². The average Bonchev–Trinajstić information content (AvgIpc) is 3.68. The van der Waals surface area contributed by atoms with Crippen molar-refractivity contribution < 1.29 is 14.6 Å². The lowest BCUT2D eigenvalue weighted by Crippen LogP contribution is -2.45. The van der Waals surface area contributed by atoms with E-state index in [1.54, 1.807) is 18.2 Å². The van der Waals surface area contributed by atoms with Crippen LogP contribution in [0.1, 0.15) is 36.8 Å². The lowest BCUT2D eigenvalue weighted by Gasteiger charge is -2.34. The molecule has 5 N–H and O–H groups in total. The number of anilines is 1. The number of H-pyrrole nitrogens is 2. The Labute approximate surface area is 289 Å². The number of aliphatic imine (C=N–C) groups is 1. The maximum Gasteiger partial charge on any atom is 0.323 e. The molecule has 3 aliphatic heterocycles. The van der Waals surface area contributed by atoms with Gasteiger partial charge in [-0.3, -0.25) is 14.7 Å². The van der Waals surface area contributed by atoms with Gasteiger partial charge in [0.15, 0.2) is 5.17 Å². The summed E-state index contributed by atoms with van der Waals surface area (Å²) in [6, 6.07) is 24.9. The van der Waals surface area contributed by atoms with Gasteiger partial charge in [0.1, 0.15) is 24.0 Å². The first-order chi connectivity index (χ1) is 23.9. The van der Waals surface area contributed by atoms with Crippen molar-refractivity contribution in [2.75, 3.05) is 44.2 Å². The Morgan fingerprint density at radius 1 is 0.939 bits per heavy atom. The predicted molar refractivity (Wildman–Crippen MR) is 196 cm³/mol. The summed E-state index contributed by atoms with van der Waals surface area (Å²) < 4.78 is 5.80. The number of hydrogen-bond donors (Lipinski definition) is 5. The van der Waals surface area contributed by atoms with E-state index in [4.69, 9.17) is 9.73 Å². The SMILES string of the molecule is O=C1NC(=NC2CCN(Cc3ccccc3)CC2)S/C1=C\c1ccc(N2CCC(NC[C@H](O)COc3cccc4[nH]c(=O)[nH]c34)CC2)cc1. The van der Waals surface area contributed by atoms with E-state index in [0.29, 0.717) is 39.4 Å². The van der Waals surface area contributed by atoms with E-state index in [1.165, 1.54) is 17.3 Å². The highest BCUT2D eigenvalue weighted by Gasteiger charge is 2.27. The second kappa shape index (κ2) is 15.5. The number of aliphatic hydroxyl groups excluding tert-OH is 1. The van der Waals surface area contributed by atoms with E-state index in [1.807, 2.05) is 6.08 Å². The molecule has 1 amide bonds. The average molecular weight is 682 g/mol. The fraction of sp³-hybridized carbons (Fsp3) is 0.378. The molecule has 0 radical (unpaired) electrons. The molecule has 256 valence electrons. The Kier molecular flexibility index (Phi) is 10.5. The molecule has 4 heterocycles. The summed E-state index contributed by atoms with van der Waals surface area (Å²) in [4.78, 5) is 40.2. The summed E-state index contributed by atoms with van der Waals surface area (Å²) in [5.41, 5.74) is 4.49. The smallest absolute Gasteiger partial charge is 0.323 e. The molecule has 1 atom stereocenters. The molecule has 3 saturated heterocycles. The number of imidazole rings is 1. The number of carbonyl (C=O) groups is 1. The number of likely N-dealkylation sites (tertiary alicyclic amines) is 1. The van der Waals surface area contributed by atoms with E-state index >= 15 is 0 Å². The lowest BCUT2D eigenvalue weighted by atomic mass is 10.0. The monoisotopic (exact) mass is 681 g/mol. The fourth-order valence-electron chi connectivity index (χ4n) is 6.68. The van der Waals surface area contributed by atoms with Crippen LogP contribution in [0.4, 0.5) is 5.69 Å². The van der Waals surface area contributed by atoms with Crippen molar-refractivity contribution in [3.63, 3.8) is 0 Å². The van der Waals surface area contributed by atoms with Gasteiger partial charge in [-0.05, 0) is 78.9 Å². The van der Waals surface area contributed by atoms with E-state index in [9.17, 15) is 14.7 Å². The minimum atomic E-state index is -0.675. The van der Waals surface area contributed by atoms with E-state index in [0.717, 1.165) is 69.7 Å². The molecular weight excluding hydrogens is 639 g/mol. The zero-order valence-electron chi connectivity index (χ0n) is 27.4. The molecule has 0 unspecified atom stereocenters. The van der Waals surface area contributed by atoms with E-state index in [2.05, 4.69) is 85.0 Å². The number of amides is 1. The molecule has 11 nitrogen and oxygen atoms in total. The maximum atomic E-state index is 12.7. The van der Waals surface area contributed by atoms with E-state index in [-0.39, 0.29) is 24.2 Å². The number of piperidine rings is 2. The Morgan fingerprint density at radius 3 is 2.49 bits per heavy atom. The summed E-state index contributed by atoms with van der Waals surface area (Å²) in [5, 5.41) is 17.7. The second-order valence-electron chi connectivity index (χ2n) is 13.0. The first-order valence-electron chi connectivity index (χ1n) is 17.1. The number of aromatic nitrogens is 2. The number of nitrogens with one attached hydrogen (secondary N) is 4. The van der Waals surface area contributed by atoms with Crippen molar-refractivity contribution in [2.45, 2.75) is 50.4 Å². The lowest BCUT2D eigenvalue weighted by molar-refractivity contribution is -0.115. The predicted octanol–water partition coefficient (Wildman–Crippen LogP) is 4.08. The number of fused-ring (bicyclic) bond motifs is 1. The summed E-state index contributed by atoms with van der Waals surface area (Å²) in [5.74, 6) is 0.450. The molecule has 0 bridgehead atoms. The zero-order chi connectivity index (χ0) is 33.6. The summed E-state index contributed by atoms with van der Waals surface area (Å²) in [6.45, 7) is 5.38. The van der Waals surface area contributed by atoms with Gasteiger partial charge in [-0.2, -0.15) is 0 Å². The third kappa shape index (κ3) is 8.63. The van der Waals surface area contributed by atoms with Gasteiger partial charge in [-0.1, -0.05) is 48.5 Å². The van der Waals surface area contributed by atoms with Crippen LogP contribution < -0.4 is 26.0 Å². The van der Waals surface area contributed by atoms with Crippen molar-refractivity contribution >= 4 is 45.6 Å². The molecule has 12 heteroatoms. The molecule has 1 aromatic heterocycles. The number of ether oxygens (including phenoxy) is 1. The molecule has 3 fully saturated rings. The molecule has 4 aromatic rings. The van der Waals surface area contributed by atoms with Crippen molar-refractivity contribution in [1.29, 1.82) is 0 Å². The summed E-state index contributed by atoms with van der Waals surface area (Å²) >= 11 is 1.43. The molecular formula is C37H43N7O4S. The highest BCUT2D eigenvalue weighted by molar-refractivity contribution is 8.18. The van der Waals surface area contributed by atoms with Crippen molar-refractivity contribution in [3.05, 3.63) is 99.3 Å². The third-order valence-electron chi connectivity index (χ3n) is 9.39. The molecule has 49 heavy (non-hydrogen) atoms. The maximum absolute atomic E-state index is 12.7. The van der Waals surface area contributed by atoms with Crippen LogP contribution in [0.2, 0.25) is 0 Å². The molecule has 0 aliphatic carbocycles. The minimum Gasteiger partial charge on any atom is -0.489 e. The number of rotatable bonds is 11. The van der Waals surface area contributed by atoms with Gasteiger partial charge in [-0.25, -0.2) is 4.79 Å². The van der Waals surface area contributed by atoms with Crippen LogP contribution in [0, 0.1) is 0 Å². The van der Waals surface area contributed by atoms with Gasteiger partial charge in [0.2, 0.25) is 0 Å². The molecule has 3 aliphatic rings. The number of thioether (sulfide) groups is 1. The number of nitrogens with zero attached hydrogens (tertiary/aromatic N) is 3. The number of amidine groups is 1. The number of hydrogen-bond acceptors (Lipinski definition) is 9. The molecule has 0 saturated carbocycles. The van der Waals surface area contributed by atoms with Crippen molar-refractivity contribution in [1.82, 2.24) is 25.5 Å².